The van der Waals surface area contributed by atoms with Crippen LogP contribution in [0.3, 0.4) is 0 Å². The van der Waals surface area contributed by atoms with Crippen molar-refractivity contribution < 1.29 is 29.6 Å². The number of hydrogen-bond acceptors (Lipinski definition) is 6. The lowest BCUT2D eigenvalue weighted by atomic mass is 9.96. The maximum absolute atomic E-state index is 10.5. The zero-order chi connectivity index (χ0) is 13.6. The average Bonchev–Trinajstić information content (AvgIpc) is 2.31. The molecule has 0 saturated carbocycles. The van der Waals surface area contributed by atoms with Gasteiger partial charge in [0.25, 0.3) is 0 Å². The van der Waals surface area contributed by atoms with Crippen molar-refractivity contribution in [3.8, 4) is 0 Å². The van der Waals surface area contributed by atoms with Crippen LogP contribution in [0, 0.1) is 0 Å². The number of hydrogen-bond donors (Lipinski definition) is 4. The predicted molar refractivity (Wildman–Crippen MR) is 59.2 cm³/mol. The van der Waals surface area contributed by atoms with E-state index in [1.807, 2.05) is 13.8 Å². The summed E-state index contributed by atoms with van der Waals surface area (Å²) in [5.41, 5.74) is 4.79. The molecule has 4 unspecified atom stereocenters. The van der Waals surface area contributed by atoms with Crippen molar-refractivity contribution in [2.24, 2.45) is 5.73 Å². The van der Waals surface area contributed by atoms with E-state index in [0.717, 1.165) is 0 Å². The quantitative estimate of drug-likeness (QED) is 0.498. The van der Waals surface area contributed by atoms with E-state index in [1.54, 1.807) is 0 Å². The molecule has 0 aromatic rings. The minimum atomic E-state index is -1.30. The van der Waals surface area contributed by atoms with Gasteiger partial charge in [0.2, 0.25) is 0 Å². The Bertz CT molecular complexity index is 237. The molecule has 7 nitrogen and oxygen atoms in total. The van der Waals surface area contributed by atoms with Crippen LogP contribution < -0.4 is 5.73 Å². The van der Waals surface area contributed by atoms with Gasteiger partial charge in [-0.1, -0.05) is 13.8 Å². The van der Waals surface area contributed by atoms with E-state index in [-0.39, 0.29) is 0 Å². The van der Waals surface area contributed by atoms with Crippen molar-refractivity contribution >= 4 is 6.09 Å². The summed E-state index contributed by atoms with van der Waals surface area (Å²) in [6.07, 6.45) is -6.29. The van der Waals surface area contributed by atoms with E-state index in [9.17, 15) is 15.0 Å². The van der Waals surface area contributed by atoms with Crippen molar-refractivity contribution in [2.75, 3.05) is 6.61 Å². The normalized spacial score (nSPS) is 36.7. The summed E-state index contributed by atoms with van der Waals surface area (Å²) < 4.78 is 9.66. The Kier molecular flexibility index (Phi) is 7.05. The standard InChI is InChI=1S/C8H15NO6.C2H6/c1-3-5(11)7(15-8(9)13)6(12)4(2-10)14-3;1-2/h3-7,10-12H,2H2,1H3,(H2,9,13);1-2H3/t3?,4?,5?,6-,7?;/m1./s1. The van der Waals surface area contributed by atoms with Crippen LogP contribution in [0.5, 0.6) is 0 Å². The maximum atomic E-state index is 10.5. The molecule has 0 aliphatic carbocycles. The molecule has 1 rings (SSSR count). The topological polar surface area (TPSA) is 122 Å². The van der Waals surface area contributed by atoms with Crippen LogP contribution in [0.1, 0.15) is 20.8 Å². The van der Waals surface area contributed by atoms with Gasteiger partial charge in [-0.05, 0) is 6.92 Å². The molecule has 1 amide bonds. The van der Waals surface area contributed by atoms with Crippen LogP contribution in [0.4, 0.5) is 4.79 Å². The van der Waals surface area contributed by atoms with Gasteiger partial charge in [-0.3, -0.25) is 0 Å². The average molecular weight is 251 g/mol. The molecule has 5 atom stereocenters. The van der Waals surface area contributed by atoms with Gasteiger partial charge < -0.3 is 30.5 Å². The van der Waals surface area contributed by atoms with Gasteiger partial charge in [0.1, 0.15) is 18.3 Å². The van der Waals surface area contributed by atoms with Crippen molar-refractivity contribution in [1.29, 1.82) is 0 Å². The van der Waals surface area contributed by atoms with Crippen LogP contribution >= 0.6 is 0 Å². The SMILES string of the molecule is CC.CC1OC(CO)[C@@H](O)C(OC(N)=O)C1O. The molecule has 1 heterocycles. The van der Waals surface area contributed by atoms with Gasteiger partial charge >= 0.3 is 6.09 Å². The summed E-state index contributed by atoms with van der Waals surface area (Å²) in [5.74, 6) is 0. The van der Waals surface area contributed by atoms with Crippen LogP contribution in [0.15, 0.2) is 0 Å². The molecule has 1 saturated heterocycles. The summed E-state index contributed by atoms with van der Waals surface area (Å²) in [6.45, 7) is 5.10. The number of aliphatic hydroxyl groups is 3. The third kappa shape index (κ3) is 4.12. The van der Waals surface area contributed by atoms with Crippen molar-refractivity contribution in [2.45, 2.75) is 51.3 Å². The summed E-state index contributed by atoms with van der Waals surface area (Å²) in [5, 5.41) is 28.0. The fourth-order valence-corrected chi connectivity index (χ4v) is 1.54. The first-order valence-electron chi connectivity index (χ1n) is 5.56. The fourth-order valence-electron chi connectivity index (χ4n) is 1.54. The second kappa shape index (κ2) is 7.44. The molecule has 1 fully saturated rings. The number of rotatable bonds is 2. The summed E-state index contributed by atoms with van der Waals surface area (Å²) in [7, 11) is 0. The Morgan fingerprint density at radius 3 is 2.29 bits per heavy atom. The Hall–Kier alpha value is -0.890. The molecular weight excluding hydrogens is 230 g/mol. The largest absolute Gasteiger partial charge is 0.441 e. The number of aliphatic hydroxyl groups excluding tert-OH is 3. The number of nitrogens with two attached hydrogens (primary N) is 1. The van der Waals surface area contributed by atoms with Gasteiger partial charge in [0.15, 0.2) is 6.10 Å². The van der Waals surface area contributed by atoms with Gasteiger partial charge in [-0.25, -0.2) is 4.79 Å². The van der Waals surface area contributed by atoms with Crippen LogP contribution in [0.2, 0.25) is 0 Å². The molecule has 7 heteroatoms. The molecule has 0 bridgehead atoms. The highest BCUT2D eigenvalue weighted by Crippen LogP contribution is 2.23. The molecule has 0 aromatic carbocycles. The molecular formula is C10H21NO6. The molecule has 17 heavy (non-hydrogen) atoms. The van der Waals surface area contributed by atoms with Crippen LogP contribution in [-0.4, -0.2) is 58.5 Å². The number of ether oxygens (including phenoxy) is 2. The van der Waals surface area contributed by atoms with E-state index >= 15 is 0 Å². The third-order valence-electron chi connectivity index (χ3n) is 2.36. The fraction of sp³-hybridized carbons (Fsp3) is 0.900. The second-order valence-corrected chi connectivity index (χ2v) is 3.44. The predicted octanol–water partition coefficient (Wildman–Crippen LogP) is -1.02. The second-order valence-electron chi connectivity index (χ2n) is 3.44. The number of primary amides is 1. The van der Waals surface area contributed by atoms with Crippen molar-refractivity contribution in [1.82, 2.24) is 0 Å². The molecule has 0 spiro atoms. The van der Waals surface area contributed by atoms with Gasteiger partial charge in [0.05, 0.1) is 12.7 Å². The third-order valence-corrected chi connectivity index (χ3v) is 2.36. The Balaban J connectivity index is 0.00000121. The van der Waals surface area contributed by atoms with Gasteiger partial charge in [-0.2, -0.15) is 0 Å². The molecule has 102 valence electrons. The lowest BCUT2D eigenvalue weighted by molar-refractivity contribution is -0.223. The van der Waals surface area contributed by atoms with E-state index in [1.165, 1.54) is 6.92 Å². The minimum Gasteiger partial charge on any atom is -0.441 e. The van der Waals surface area contributed by atoms with Gasteiger partial charge in [0, 0.05) is 0 Å². The molecule has 0 radical (unpaired) electrons. The van der Waals surface area contributed by atoms with E-state index in [2.05, 4.69) is 4.74 Å². The number of carbonyl (C=O) groups is 1. The lowest BCUT2D eigenvalue weighted by Crippen LogP contribution is -2.59. The van der Waals surface area contributed by atoms with Crippen molar-refractivity contribution in [3.05, 3.63) is 0 Å². The highest BCUT2D eigenvalue weighted by molar-refractivity contribution is 5.65. The molecule has 5 N–H and O–H groups in total. The first-order valence-corrected chi connectivity index (χ1v) is 5.56. The smallest absolute Gasteiger partial charge is 0.404 e. The monoisotopic (exact) mass is 251 g/mol. The summed E-state index contributed by atoms with van der Waals surface area (Å²) in [6, 6.07) is 0. The summed E-state index contributed by atoms with van der Waals surface area (Å²) >= 11 is 0. The summed E-state index contributed by atoms with van der Waals surface area (Å²) in [4.78, 5) is 10.5. The zero-order valence-electron chi connectivity index (χ0n) is 10.2. The van der Waals surface area contributed by atoms with Crippen molar-refractivity contribution in [3.63, 3.8) is 0 Å². The maximum Gasteiger partial charge on any atom is 0.404 e. The first kappa shape index (κ1) is 16.1. The minimum absolute atomic E-state index is 0.434. The Labute approximate surface area is 100 Å². The number of amides is 1. The zero-order valence-corrected chi connectivity index (χ0v) is 10.2. The van der Waals surface area contributed by atoms with E-state index in [0.29, 0.717) is 0 Å². The molecule has 1 aliphatic rings. The lowest BCUT2D eigenvalue weighted by Gasteiger charge is -2.40. The van der Waals surface area contributed by atoms with E-state index in [4.69, 9.17) is 15.6 Å². The van der Waals surface area contributed by atoms with Crippen LogP contribution in [-0.2, 0) is 9.47 Å². The number of carbonyl (C=O) groups excluding carboxylic acids is 1. The van der Waals surface area contributed by atoms with Gasteiger partial charge in [-0.15, -0.1) is 0 Å². The molecule has 0 aromatic heterocycles. The Morgan fingerprint density at radius 1 is 1.35 bits per heavy atom. The highest BCUT2D eigenvalue weighted by atomic mass is 16.6. The Morgan fingerprint density at radius 2 is 1.88 bits per heavy atom. The van der Waals surface area contributed by atoms with Crippen LogP contribution in [0.25, 0.3) is 0 Å². The first-order chi connectivity index (χ1) is 7.97. The highest BCUT2D eigenvalue weighted by Gasteiger charge is 2.44. The van der Waals surface area contributed by atoms with E-state index < -0.39 is 43.2 Å². The molecule has 1 aliphatic heterocycles.